The number of hydrogen-bond donors (Lipinski definition) is 1. The quantitative estimate of drug-likeness (QED) is 0.598. The maximum Gasteiger partial charge on any atom is 0.274 e. The summed E-state index contributed by atoms with van der Waals surface area (Å²) in [5, 5.41) is 5.24. The Bertz CT molecular complexity index is 1270. The minimum absolute atomic E-state index is 0.0666. The first kappa shape index (κ1) is 21.8. The highest BCUT2D eigenvalue weighted by atomic mass is 32.1. The van der Waals surface area contributed by atoms with E-state index < -0.39 is 5.91 Å². The van der Waals surface area contributed by atoms with E-state index in [4.69, 9.17) is 5.73 Å². The highest BCUT2D eigenvalue weighted by molar-refractivity contribution is 7.15. The van der Waals surface area contributed by atoms with Gasteiger partial charge in [-0.15, -0.1) is 11.3 Å². The van der Waals surface area contributed by atoms with Crippen LogP contribution in [-0.2, 0) is 13.0 Å². The number of nitrogens with two attached hydrogens (primary N) is 1. The van der Waals surface area contributed by atoms with Crippen molar-refractivity contribution in [2.45, 2.75) is 58.7 Å². The number of aryl methyl sites for hydroxylation is 3. The molecule has 1 aromatic carbocycles. The van der Waals surface area contributed by atoms with Crippen LogP contribution in [0.3, 0.4) is 0 Å². The fourth-order valence-electron chi connectivity index (χ4n) is 5.22. The molecule has 3 aromatic rings. The zero-order chi connectivity index (χ0) is 23.4. The van der Waals surface area contributed by atoms with Crippen LogP contribution in [-0.4, -0.2) is 43.6 Å². The number of hydrogen-bond acceptors (Lipinski definition) is 5. The number of aromatic nitrogens is 3. The first-order chi connectivity index (χ1) is 15.8. The number of amides is 2. The number of thiazole rings is 1. The molecule has 0 unspecified atom stereocenters. The SMILES string of the molecule is CCn1nc(C)c(C(N)=O)c1C[C@@H]1C[C@@H]2C[C@@H]2N1C(=O)c1nc(C)sc1-c1cccc(F)c1. The van der Waals surface area contributed by atoms with Gasteiger partial charge in [0.05, 0.1) is 26.8 Å². The molecule has 1 aliphatic carbocycles. The van der Waals surface area contributed by atoms with Crippen molar-refractivity contribution in [1.29, 1.82) is 0 Å². The second-order valence-corrected chi connectivity index (χ2v) is 10.1. The van der Waals surface area contributed by atoms with Gasteiger partial charge in [0.2, 0.25) is 0 Å². The van der Waals surface area contributed by atoms with Crippen molar-refractivity contribution in [3.05, 3.63) is 57.7 Å². The molecule has 0 radical (unpaired) electrons. The number of carbonyl (C=O) groups is 2. The summed E-state index contributed by atoms with van der Waals surface area (Å²) >= 11 is 1.40. The predicted octanol–water partition coefficient (Wildman–Crippen LogP) is 3.73. The van der Waals surface area contributed by atoms with Gasteiger partial charge in [0, 0.05) is 25.0 Å². The molecule has 3 atom stereocenters. The van der Waals surface area contributed by atoms with Crippen molar-refractivity contribution in [3.63, 3.8) is 0 Å². The highest BCUT2D eigenvalue weighted by Gasteiger charge is 2.54. The van der Waals surface area contributed by atoms with Gasteiger partial charge in [0.25, 0.3) is 11.8 Å². The van der Waals surface area contributed by atoms with E-state index in [0.29, 0.717) is 46.3 Å². The number of rotatable bonds is 6. The molecule has 0 spiro atoms. The number of carbonyl (C=O) groups excluding carboxylic acids is 2. The Labute approximate surface area is 195 Å². The molecule has 3 heterocycles. The zero-order valence-electron chi connectivity index (χ0n) is 18.8. The summed E-state index contributed by atoms with van der Waals surface area (Å²) < 4.78 is 15.7. The smallest absolute Gasteiger partial charge is 0.274 e. The van der Waals surface area contributed by atoms with Crippen LogP contribution < -0.4 is 5.73 Å². The minimum Gasteiger partial charge on any atom is -0.365 e. The van der Waals surface area contributed by atoms with Crippen LogP contribution in [0.5, 0.6) is 0 Å². The number of primary amides is 1. The lowest BCUT2D eigenvalue weighted by atomic mass is 10.0. The Morgan fingerprint density at radius 3 is 2.76 bits per heavy atom. The minimum atomic E-state index is -0.494. The Kier molecular flexibility index (Phi) is 5.31. The van der Waals surface area contributed by atoms with E-state index in [0.717, 1.165) is 23.5 Å². The predicted molar refractivity (Wildman–Crippen MR) is 124 cm³/mol. The molecule has 5 rings (SSSR count). The summed E-state index contributed by atoms with van der Waals surface area (Å²) in [4.78, 5) is 33.1. The molecule has 9 heteroatoms. The van der Waals surface area contributed by atoms with Gasteiger partial charge in [0.15, 0.2) is 0 Å². The number of piperidine rings is 1. The number of halogens is 1. The van der Waals surface area contributed by atoms with Crippen LogP contribution in [0.25, 0.3) is 10.4 Å². The molecule has 7 nitrogen and oxygen atoms in total. The van der Waals surface area contributed by atoms with Crippen LogP contribution in [0, 0.1) is 25.6 Å². The third-order valence-corrected chi connectivity index (χ3v) is 7.70. The lowest BCUT2D eigenvalue weighted by Gasteiger charge is -2.28. The van der Waals surface area contributed by atoms with Crippen LogP contribution in [0.1, 0.15) is 57.0 Å². The third-order valence-electron chi connectivity index (χ3n) is 6.68. The summed E-state index contributed by atoms with van der Waals surface area (Å²) in [5.74, 6) is -0.506. The van der Waals surface area contributed by atoms with E-state index in [2.05, 4.69) is 10.1 Å². The summed E-state index contributed by atoms with van der Waals surface area (Å²) in [7, 11) is 0. The van der Waals surface area contributed by atoms with Crippen LogP contribution in [0.4, 0.5) is 4.39 Å². The van der Waals surface area contributed by atoms with Crippen molar-refractivity contribution in [2.75, 3.05) is 0 Å². The van der Waals surface area contributed by atoms with Gasteiger partial charge < -0.3 is 10.6 Å². The van der Waals surface area contributed by atoms with Crippen LogP contribution in [0.15, 0.2) is 24.3 Å². The fourth-order valence-corrected chi connectivity index (χ4v) is 6.13. The zero-order valence-corrected chi connectivity index (χ0v) is 19.7. The Balaban J connectivity index is 1.50. The lowest BCUT2D eigenvalue weighted by molar-refractivity contribution is 0.0694. The van der Waals surface area contributed by atoms with Crippen molar-refractivity contribution >= 4 is 23.2 Å². The number of fused-ring (bicyclic) bond motifs is 1. The first-order valence-electron chi connectivity index (χ1n) is 11.2. The third kappa shape index (κ3) is 3.74. The molecule has 2 fully saturated rings. The second-order valence-electron chi connectivity index (χ2n) is 8.88. The van der Waals surface area contributed by atoms with Crippen molar-refractivity contribution in [2.24, 2.45) is 11.7 Å². The van der Waals surface area contributed by atoms with E-state index in [1.807, 2.05) is 23.4 Å². The van der Waals surface area contributed by atoms with Crippen molar-refractivity contribution in [1.82, 2.24) is 19.7 Å². The highest BCUT2D eigenvalue weighted by Crippen LogP contribution is 2.49. The van der Waals surface area contributed by atoms with Gasteiger partial charge in [-0.3, -0.25) is 14.3 Å². The van der Waals surface area contributed by atoms with Gasteiger partial charge >= 0.3 is 0 Å². The average molecular weight is 468 g/mol. The van der Waals surface area contributed by atoms with E-state index >= 15 is 0 Å². The van der Waals surface area contributed by atoms with Crippen LogP contribution in [0.2, 0.25) is 0 Å². The lowest BCUT2D eigenvalue weighted by Crippen LogP contribution is -2.40. The monoisotopic (exact) mass is 467 g/mol. The molecule has 0 bridgehead atoms. The van der Waals surface area contributed by atoms with E-state index in [1.165, 1.54) is 23.5 Å². The Morgan fingerprint density at radius 1 is 1.27 bits per heavy atom. The molecule has 1 aliphatic heterocycles. The molecule has 2 N–H and O–H groups in total. The van der Waals surface area contributed by atoms with Crippen molar-refractivity contribution in [3.8, 4) is 10.4 Å². The molecule has 33 heavy (non-hydrogen) atoms. The number of benzene rings is 1. The molecule has 1 saturated heterocycles. The van der Waals surface area contributed by atoms with Gasteiger partial charge in [-0.2, -0.15) is 5.10 Å². The van der Waals surface area contributed by atoms with Crippen molar-refractivity contribution < 1.29 is 14.0 Å². The largest absolute Gasteiger partial charge is 0.365 e. The Morgan fingerprint density at radius 2 is 2.06 bits per heavy atom. The summed E-state index contributed by atoms with van der Waals surface area (Å²) in [5.41, 5.74) is 8.54. The normalized spacial score (nSPS) is 21.3. The second kappa shape index (κ2) is 8.06. The summed E-state index contributed by atoms with van der Waals surface area (Å²) in [6.45, 7) is 6.23. The molecular weight excluding hydrogens is 441 g/mol. The summed E-state index contributed by atoms with van der Waals surface area (Å²) in [6.07, 6.45) is 2.38. The molecule has 2 aromatic heterocycles. The van der Waals surface area contributed by atoms with E-state index in [-0.39, 0.29) is 23.8 Å². The molecule has 2 amide bonds. The van der Waals surface area contributed by atoms with Gasteiger partial charge in [-0.05, 0) is 57.2 Å². The first-order valence-corrected chi connectivity index (χ1v) is 12.0. The Hall–Kier alpha value is -3.07. The number of likely N-dealkylation sites (tertiary alicyclic amines) is 1. The van der Waals surface area contributed by atoms with E-state index in [9.17, 15) is 14.0 Å². The molecule has 1 saturated carbocycles. The average Bonchev–Trinajstić information content (AvgIpc) is 3.11. The molecule has 2 aliphatic rings. The molecular formula is C24H26FN5O2S. The molecule has 172 valence electrons. The van der Waals surface area contributed by atoms with Gasteiger partial charge in [-0.25, -0.2) is 9.37 Å². The van der Waals surface area contributed by atoms with Crippen LogP contribution >= 0.6 is 11.3 Å². The van der Waals surface area contributed by atoms with Gasteiger partial charge in [0.1, 0.15) is 11.5 Å². The standard InChI is InChI=1S/C24H26FN5O2S/c1-4-29-19(20(23(26)31)12(2)28-29)11-17-9-15-10-18(15)30(17)24(32)21-22(33-13(3)27-21)14-6-5-7-16(25)8-14/h5-8,15,17-18H,4,9-11H2,1-3H3,(H2,26,31)/t15-,17+,18+/m1/s1. The van der Waals surface area contributed by atoms with E-state index in [1.54, 1.807) is 19.1 Å². The maximum atomic E-state index is 13.9. The fraction of sp³-hybridized carbons (Fsp3) is 0.417. The maximum absolute atomic E-state index is 13.9. The number of nitrogens with zero attached hydrogens (tertiary/aromatic N) is 4. The van der Waals surface area contributed by atoms with Gasteiger partial charge in [-0.1, -0.05) is 12.1 Å². The summed E-state index contributed by atoms with van der Waals surface area (Å²) in [6, 6.07) is 6.38. The topological polar surface area (TPSA) is 94.1 Å².